The van der Waals surface area contributed by atoms with E-state index in [2.05, 4.69) is 25.6 Å². The molecule has 1 heterocycles. The lowest BCUT2D eigenvalue weighted by molar-refractivity contribution is 0.566. The number of hydrogen-bond acceptors (Lipinski definition) is 4. The first-order chi connectivity index (χ1) is 9.29. The lowest BCUT2D eigenvalue weighted by atomic mass is 10.4. The molecule has 108 valence electrons. The van der Waals surface area contributed by atoms with Crippen molar-refractivity contribution < 1.29 is 8.42 Å². The smallest absolute Gasteiger partial charge is 0.241 e. The monoisotopic (exact) mass is 394 g/mol. The Morgan fingerprint density at radius 2 is 2.15 bits per heavy atom. The Morgan fingerprint density at radius 1 is 1.45 bits per heavy atom. The van der Waals surface area contributed by atoms with Crippen LogP contribution in [0.2, 0.25) is 5.02 Å². The molecule has 0 aliphatic rings. The van der Waals surface area contributed by atoms with E-state index in [4.69, 9.17) is 11.6 Å². The second kappa shape index (κ2) is 6.11. The largest absolute Gasteiger partial charge is 0.248 e. The third-order valence-electron chi connectivity index (χ3n) is 2.54. The molecule has 4 nitrogen and oxygen atoms in total. The van der Waals surface area contributed by atoms with Crippen molar-refractivity contribution in [2.24, 2.45) is 0 Å². The first kappa shape index (κ1) is 15.9. The predicted molar refractivity (Wildman–Crippen MR) is 84.7 cm³/mol. The van der Waals surface area contributed by atoms with Crippen LogP contribution in [0, 0.1) is 6.92 Å². The average Bonchev–Trinajstić information content (AvgIpc) is 2.79. The number of aryl methyl sites for hydroxylation is 1. The van der Waals surface area contributed by atoms with E-state index in [1.54, 1.807) is 19.2 Å². The van der Waals surface area contributed by atoms with Gasteiger partial charge in [-0.1, -0.05) is 11.6 Å². The predicted octanol–water partition coefficient (Wildman–Crippen LogP) is 3.91. The molecule has 0 radical (unpaired) electrons. The highest BCUT2D eigenvalue weighted by molar-refractivity contribution is 9.10. The van der Waals surface area contributed by atoms with Gasteiger partial charge in [0, 0.05) is 15.5 Å². The zero-order chi connectivity index (χ0) is 14.9. The van der Waals surface area contributed by atoms with Crippen molar-refractivity contribution in [2.45, 2.75) is 24.8 Å². The third-order valence-corrected chi connectivity index (χ3v) is 6.39. The van der Waals surface area contributed by atoms with Gasteiger partial charge in [0.1, 0.15) is 5.01 Å². The standard InChI is InChI=1S/C12H12BrClN2O2S2/c1-7-6-15-12(19-7)8(2)16-20(17,18)9-3-4-11(14)10(13)5-9/h3-6,8,16H,1-2H3. The van der Waals surface area contributed by atoms with Gasteiger partial charge >= 0.3 is 0 Å². The number of aromatic nitrogens is 1. The fourth-order valence-corrected chi connectivity index (χ4v) is 4.30. The molecule has 0 spiro atoms. The average molecular weight is 396 g/mol. The fourth-order valence-electron chi connectivity index (χ4n) is 1.57. The van der Waals surface area contributed by atoms with Crippen LogP contribution in [0.4, 0.5) is 0 Å². The van der Waals surface area contributed by atoms with Crippen LogP contribution >= 0.6 is 38.9 Å². The molecule has 0 aliphatic carbocycles. The van der Waals surface area contributed by atoms with Crippen molar-refractivity contribution in [3.05, 3.63) is 43.8 Å². The van der Waals surface area contributed by atoms with Gasteiger partial charge in [-0.05, 0) is 48.0 Å². The van der Waals surface area contributed by atoms with E-state index in [1.165, 1.54) is 23.5 Å². The van der Waals surface area contributed by atoms with Gasteiger partial charge in [-0.25, -0.2) is 18.1 Å². The number of rotatable bonds is 4. The fraction of sp³-hybridized carbons (Fsp3) is 0.250. The van der Waals surface area contributed by atoms with Crippen LogP contribution < -0.4 is 4.72 Å². The first-order valence-electron chi connectivity index (χ1n) is 5.69. The number of nitrogens with zero attached hydrogens (tertiary/aromatic N) is 1. The normalized spacial score (nSPS) is 13.4. The number of halogens is 2. The summed E-state index contributed by atoms with van der Waals surface area (Å²) < 4.78 is 27.7. The third kappa shape index (κ3) is 3.59. The molecule has 8 heteroatoms. The van der Waals surface area contributed by atoms with Crippen molar-refractivity contribution in [3.63, 3.8) is 0 Å². The number of nitrogens with one attached hydrogen (secondary N) is 1. The number of thiazole rings is 1. The van der Waals surface area contributed by atoms with E-state index in [1.807, 2.05) is 6.92 Å². The minimum absolute atomic E-state index is 0.161. The summed E-state index contributed by atoms with van der Waals surface area (Å²) in [6, 6.07) is 4.10. The molecular weight excluding hydrogens is 384 g/mol. The van der Waals surface area contributed by atoms with Crippen molar-refractivity contribution in [2.75, 3.05) is 0 Å². The Balaban J connectivity index is 2.24. The van der Waals surface area contributed by atoms with Gasteiger partial charge in [0.15, 0.2) is 0 Å². The Labute approximate surface area is 135 Å². The molecule has 2 rings (SSSR count). The van der Waals surface area contributed by atoms with E-state index < -0.39 is 10.0 Å². The van der Waals surface area contributed by atoms with Crippen molar-refractivity contribution in [1.29, 1.82) is 0 Å². The van der Waals surface area contributed by atoms with E-state index in [0.29, 0.717) is 9.50 Å². The second-order valence-corrected chi connectivity index (χ2v) is 8.47. The Kier molecular flexibility index (Phi) is 4.86. The highest BCUT2D eigenvalue weighted by Gasteiger charge is 2.20. The van der Waals surface area contributed by atoms with Crippen LogP contribution in [-0.4, -0.2) is 13.4 Å². The van der Waals surface area contributed by atoms with Gasteiger partial charge in [-0.2, -0.15) is 0 Å². The lowest BCUT2D eigenvalue weighted by Crippen LogP contribution is -2.26. The maximum absolute atomic E-state index is 12.3. The molecule has 0 amide bonds. The Morgan fingerprint density at radius 3 is 2.70 bits per heavy atom. The van der Waals surface area contributed by atoms with Gasteiger partial charge in [-0.15, -0.1) is 11.3 Å². The number of benzene rings is 1. The van der Waals surface area contributed by atoms with Crippen LogP contribution in [0.15, 0.2) is 33.8 Å². The zero-order valence-corrected chi connectivity index (χ0v) is 14.7. The SMILES string of the molecule is Cc1cnc(C(C)NS(=O)(=O)c2ccc(Cl)c(Br)c2)s1. The molecule has 2 aromatic rings. The molecule has 1 aromatic carbocycles. The minimum Gasteiger partial charge on any atom is -0.248 e. The molecule has 0 fully saturated rings. The van der Waals surface area contributed by atoms with E-state index in [-0.39, 0.29) is 10.9 Å². The number of sulfonamides is 1. The molecule has 1 unspecified atom stereocenters. The summed E-state index contributed by atoms with van der Waals surface area (Å²) in [5.74, 6) is 0. The summed E-state index contributed by atoms with van der Waals surface area (Å²) in [7, 11) is -3.61. The summed E-state index contributed by atoms with van der Waals surface area (Å²) in [6.45, 7) is 3.69. The molecule has 0 saturated carbocycles. The van der Waals surface area contributed by atoms with Gasteiger partial charge in [0.05, 0.1) is 16.0 Å². The first-order valence-corrected chi connectivity index (χ1v) is 9.16. The summed E-state index contributed by atoms with van der Waals surface area (Å²) in [5, 5.41) is 1.20. The maximum Gasteiger partial charge on any atom is 0.241 e. The van der Waals surface area contributed by atoms with Crippen LogP contribution in [0.25, 0.3) is 0 Å². The van der Waals surface area contributed by atoms with Crippen LogP contribution in [0.3, 0.4) is 0 Å². The number of hydrogen-bond donors (Lipinski definition) is 1. The van der Waals surface area contributed by atoms with E-state index >= 15 is 0 Å². The molecule has 0 bridgehead atoms. The molecule has 1 N–H and O–H groups in total. The summed E-state index contributed by atoms with van der Waals surface area (Å²) in [5.41, 5.74) is 0. The van der Waals surface area contributed by atoms with Crippen LogP contribution in [0.5, 0.6) is 0 Å². The molecule has 1 atom stereocenters. The van der Waals surface area contributed by atoms with Crippen molar-refractivity contribution >= 4 is 48.9 Å². The molecule has 1 aromatic heterocycles. The van der Waals surface area contributed by atoms with Crippen molar-refractivity contribution in [1.82, 2.24) is 9.71 Å². The quantitative estimate of drug-likeness (QED) is 0.854. The topological polar surface area (TPSA) is 59.1 Å². The molecule has 0 aliphatic heterocycles. The molecule has 0 saturated heterocycles. The Hall–Kier alpha value is -0.470. The highest BCUT2D eigenvalue weighted by Crippen LogP contribution is 2.26. The van der Waals surface area contributed by atoms with E-state index in [0.717, 1.165) is 9.88 Å². The minimum atomic E-state index is -3.61. The lowest BCUT2D eigenvalue weighted by Gasteiger charge is -2.12. The zero-order valence-electron chi connectivity index (χ0n) is 10.7. The van der Waals surface area contributed by atoms with E-state index in [9.17, 15) is 8.42 Å². The highest BCUT2D eigenvalue weighted by atomic mass is 79.9. The van der Waals surface area contributed by atoms with Gasteiger partial charge < -0.3 is 0 Å². The Bertz CT molecular complexity index is 731. The molecule has 20 heavy (non-hydrogen) atoms. The van der Waals surface area contributed by atoms with Crippen molar-refractivity contribution in [3.8, 4) is 0 Å². The molecular formula is C12H12BrClN2O2S2. The summed E-state index contributed by atoms with van der Waals surface area (Å²) >= 11 is 10.6. The van der Waals surface area contributed by atoms with Gasteiger partial charge in [-0.3, -0.25) is 0 Å². The van der Waals surface area contributed by atoms with Crippen LogP contribution in [-0.2, 0) is 10.0 Å². The second-order valence-electron chi connectivity index (χ2n) is 4.23. The summed E-state index contributed by atoms with van der Waals surface area (Å²) in [6.07, 6.45) is 1.73. The van der Waals surface area contributed by atoms with Gasteiger partial charge in [0.25, 0.3) is 0 Å². The maximum atomic E-state index is 12.3. The summed E-state index contributed by atoms with van der Waals surface area (Å²) in [4.78, 5) is 5.39. The van der Waals surface area contributed by atoms with Crippen LogP contribution in [0.1, 0.15) is 22.9 Å². The van der Waals surface area contributed by atoms with Gasteiger partial charge in [0.2, 0.25) is 10.0 Å².